The van der Waals surface area contributed by atoms with Crippen LogP contribution in [0.4, 0.5) is 17.6 Å². The van der Waals surface area contributed by atoms with Gasteiger partial charge in [0, 0.05) is 5.56 Å². The Balaban J connectivity index is 1.84. The molecule has 0 unspecified atom stereocenters. The Morgan fingerprint density at radius 1 is 1.11 bits per heavy atom. The number of nitrogens with zero attached hydrogens (tertiary/aromatic N) is 4. The molecule has 1 atom stereocenters. The lowest BCUT2D eigenvalue weighted by Gasteiger charge is -2.09. The number of aromatic nitrogens is 4. The molecule has 0 fully saturated rings. The zero-order chi connectivity index (χ0) is 19.7. The number of benzene rings is 1. The molecule has 144 valence electrons. The lowest BCUT2D eigenvalue weighted by Crippen LogP contribution is -2.11. The third-order valence-corrected chi connectivity index (χ3v) is 4.78. The summed E-state index contributed by atoms with van der Waals surface area (Å²) in [5, 5.41) is 11.8. The van der Waals surface area contributed by atoms with Crippen LogP contribution in [0.3, 0.4) is 0 Å². The summed E-state index contributed by atoms with van der Waals surface area (Å²) in [5.41, 5.74) is 0.619. The lowest BCUT2D eigenvalue weighted by molar-refractivity contribution is -0.0498. The normalized spacial score (nSPS) is 12.8. The molecule has 0 radical (unpaired) electrons. The van der Waals surface area contributed by atoms with Crippen LogP contribution in [0.5, 0.6) is 5.75 Å². The van der Waals surface area contributed by atoms with E-state index >= 15 is 0 Å². The molecule has 27 heavy (non-hydrogen) atoms. The molecule has 0 N–H and O–H groups in total. The largest absolute Gasteiger partial charge is 0.435 e. The van der Waals surface area contributed by atoms with Crippen molar-refractivity contribution in [1.82, 2.24) is 20.0 Å². The highest BCUT2D eigenvalue weighted by molar-refractivity contribution is 9.10. The second kappa shape index (κ2) is 7.67. The molecule has 3 aromatic rings. The number of hydrogen-bond acceptors (Lipinski definition) is 5. The minimum Gasteiger partial charge on any atom is -0.435 e. The van der Waals surface area contributed by atoms with Gasteiger partial charge in [0.1, 0.15) is 17.5 Å². The molecule has 0 saturated heterocycles. The van der Waals surface area contributed by atoms with Gasteiger partial charge in [0.15, 0.2) is 0 Å². The van der Waals surface area contributed by atoms with E-state index in [0.29, 0.717) is 11.3 Å². The van der Waals surface area contributed by atoms with Crippen LogP contribution in [0, 0.1) is 6.92 Å². The van der Waals surface area contributed by atoms with E-state index in [1.807, 2.05) is 0 Å². The molecular formula is C16H13BrF4N4O2. The van der Waals surface area contributed by atoms with Crippen molar-refractivity contribution in [3.8, 4) is 17.2 Å². The van der Waals surface area contributed by atoms with E-state index in [1.165, 1.54) is 28.9 Å². The van der Waals surface area contributed by atoms with Gasteiger partial charge in [0.2, 0.25) is 11.8 Å². The second-order valence-corrected chi connectivity index (χ2v) is 6.35. The second-order valence-electron chi connectivity index (χ2n) is 5.55. The maximum Gasteiger partial charge on any atom is 0.387 e. The van der Waals surface area contributed by atoms with E-state index in [1.54, 1.807) is 13.8 Å². The minimum atomic E-state index is -2.92. The minimum absolute atomic E-state index is 0.00148. The highest BCUT2D eigenvalue weighted by Crippen LogP contribution is 2.32. The molecule has 2 heterocycles. The Kier molecular flexibility index (Phi) is 5.49. The van der Waals surface area contributed by atoms with Gasteiger partial charge in [-0.05, 0) is 54.0 Å². The van der Waals surface area contributed by atoms with Crippen molar-refractivity contribution in [3.63, 3.8) is 0 Å². The molecule has 0 amide bonds. The lowest BCUT2D eigenvalue weighted by atomic mass is 10.2. The molecule has 6 nitrogen and oxygen atoms in total. The summed E-state index contributed by atoms with van der Waals surface area (Å²) in [6.45, 7) is 0.401. The molecule has 0 aliphatic heterocycles. The van der Waals surface area contributed by atoms with E-state index < -0.39 is 19.1 Å². The van der Waals surface area contributed by atoms with E-state index in [9.17, 15) is 17.6 Å². The summed E-state index contributed by atoms with van der Waals surface area (Å²) in [5.74, 6) is 0.314. The summed E-state index contributed by atoms with van der Waals surface area (Å²) >= 11 is 3.11. The van der Waals surface area contributed by atoms with Gasteiger partial charge in [0.25, 0.3) is 6.43 Å². The molecule has 2 aromatic heterocycles. The average molecular weight is 449 g/mol. The molecule has 0 bridgehead atoms. The first-order valence-electron chi connectivity index (χ1n) is 7.69. The van der Waals surface area contributed by atoms with Crippen molar-refractivity contribution in [2.75, 3.05) is 0 Å². The van der Waals surface area contributed by atoms with Crippen LogP contribution in [0.25, 0.3) is 11.5 Å². The summed E-state index contributed by atoms with van der Waals surface area (Å²) in [7, 11) is 0. The average Bonchev–Trinajstić information content (AvgIpc) is 3.21. The number of alkyl halides is 4. The Bertz CT molecular complexity index is 927. The molecule has 11 heteroatoms. The maximum atomic E-state index is 13.0. The first kappa shape index (κ1) is 19.3. The highest BCUT2D eigenvalue weighted by Gasteiger charge is 2.25. The Labute approximate surface area is 159 Å². The van der Waals surface area contributed by atoms with Crippen LogP contribution in [0.15, 0.2) is 33.2 Å². The van der Waals surface area contributed by atoms with Gasteiger partial charge in [0.05, 0.1) is 10.2 Å². The quantitative estimate of drug-likeness (QED) is 0.487. The Hall–Kier alpha value is -2.43. The SMILES string of the molecule is Cc1c(Br)c(C(F)F)nn1[C@H](C)c1nnc(-c2ccc(OC(F)F)cc2)o1. The number of halogens is 5. The van der Waals surface area contributed by atoms with Gasteiger partial charge in [-0.3, -0.25) is 4.68 Å². The topological polar surface area (TPSA) is 66.0 Å². The molecule has 0 spiro atoms. The first-order chi connectivity index (χ1) is 12.8. The van der Waals surface area contributed by atoms with Gasteiger partial charge in [-0.2, -0.15) is 13.9 Å². The summed E-state index contributed by atoms with van der Waals surface area (Å²) < 4.78 is 61.9. The van der Waals surface area contributed by atoms with E-state index in [0.717, 1.165) is 0 Å². The predicted octanol–water partition coefficient (Wildman–Crippen LogP) is 5.15. The van der Waals surface area contributed by atoms with Crippen LogP contribution in [0.1, 0.15) is 36.7 Å². The maximum absolute atomic E-state index is 13.0. The van der Waals surface area contributed by atoms with Crippen molar-refractivity contribution in [3.05, 3.63) is 46.0 Å². The molecular weight excluding hydrogens is 436 g/mol. The fourth-order valence-electron chi connectivity index (χ4n) is 2.44. The fourth-order valence-corrected chi connectivity index (χ4v) is 2.88. The van der Waals surface area contributed by atoms with Crippen LogP contribution < -0.4 is 4.74 Å². The van der Waals surface area contributed by atoms with Crippen LogP contribution in [-0.4, -0.2) is 26.6 Å². The van der Waals surface area contributed by atoms with Gasteiger partial charge < -0.3 is 9.15 Å². The van der Waals surface area contributed by atoms with E-state index in [-0.39, 0.29) is 27.7 Å². The molecule has 1 aromatic carbocycles. The van der Waals surface area contributed by atoms with Crippen molar-refractivity contribution in [2.24, 2.45) is 0 Å². The van der Waals surface area contributed by atoms with Gasteiger partial charge in [-0.15, -0.1) is 10.2 Å². The number of hydrogen-bond donors (Lipinski definition) is 0. The standard InChI is InChI=1S/C16H13BrF4N4O2/c1-7-11(17)12(13(18)19)24-25(7)8(2)14-22-23-15(27-14)9-3-5-10(6-4-9)26-16(20)21/h3-6,8,13,16H,1-2H3/t8-/m1/s1. The summed E-state index contributed by atoms with van der Waals surface area (Å²) in [6.07, 6.45) is -2.72. The highest BCUT2D eigenvalue weighted by atomic mass is 79.9. The van der Waals surface area contributed by atoms with Crippen molar-refractivity contribution in [1.29, 1.82) is 0 Å². The monoisotopic (exact) mass is 448 g/mol. The van der Waals surface area contributed by atoms with Gasteiger partial charge in [-0.25, -0.2) is 8.78 Å². The third kappa shape index (κ3) is 3.97. The predicted molar refractivity (Wildman–Crippen MR) is 89.8 cm³/mol. The molecule has 0 saturated carbocycles. The zero-order valence-corrected chi connectivity index (χ0v) is 15.6. The Morgan fingerprint density at radius 2 is 1.78 bits per heavy atom. The van der Waals surface area contributed by atoms with E-state index in [4.69, 9.17) is 4.42 Å². The van der Waals surface area contributed by atoms with Gasteiger partial charge in [-0.1, -0.05) is 0 Å². The Morgan fingerprint density at radius 3 is 2.33 bits per heavy atom. The van der Waals surface area contributed by atoms with Crippen molar-refractivity contribution in [2.45, 2.75) is 32.9 Å². The summed E-state index contributed by atoms with van der Waals surface area (Å²) in [6, 6.07) is 5.09. The van der Waals surface area contributed by atoms with Crippen LogP contribution >= 0.6 is 15.9 Å². The van der Waals surface area contributed by atoms with Gasteiger partial charge >= 0.3 is 6.61 Å². The summed E-state index contributed by atoms with van der Waals surface area (Å²) in [4.78, 5) is 0. The molecule has 3 rings (SSSR count). The third-order valence-electron chi connectivity index (χ3n) is 3.80. The van der Waals surface area contributed by atoms with Crippen molar-refractivity contribution >= 4 is 15.9 Å². The number of rotatable bonds is 6. The van der Waals surface area contributed by atoms with Crippen molar-refractivity contribution < 1.29 is 26.7 Å². The number of ether oxygens (including phenoxy) is 1. The smallest absolute Gasteiger partial charge is 0.387 e. The van der Waals surface area contributed by atoms with Crippen LogP contribution in [-0.2, 0) is 0 Å². The first-order valence-corrected chi connectivity index (χ1v) is 8.48. The van der Waals surface area contributed by atoms with Crippen LogP contribution in [0.2, 0.25) is 0 Å². The zero-order valence-electron chi connectivity index (χ0n) is 14.0. The molecule has 0 aliphatic carbocycles. The fraction of sp³-hybridized carbons (Fsp3) is 0.312. The van der Waals surface area contributed by atoms with E-state index in [2.05, 4.69) is 36.0 Å². The molecule has 0 aliphatic rings.